The highest BCUT2D eigenvalue weighted by Gasteiger charge is 2.44. The Morgan fingerprint density at radius 1 is 1.11 bits per heavy atom. The van der Waals surface area contributed by atoms with Gasteiger partial charge in [-0.25, -0.2) is 4.79 Å². The van der Waals surface area contributed by atoms with Crippen LogP contribution in [-0.4, -0.2) is 37.7 Å². The zero-order valence-electron chi connectivity index (χ0n) is 17.3. The fourth-order valence-electron chi connectivity index (χ4n) is 4.20. The molecular formula is C22H33NO4. The van der Waals surface area contributed by atoms with Crippen LogP contribution in [0.1, 0.15) is 61.8 Å². The van der Waals surface area contributed by atoms with Crippen molar-refractivity contribution in [3.8, 4) is 0 Å². The van der Waals surface area contributed by atoms with Gasteiger partial charge >= 0.3 is 5.97 Å². The summed E-state index contributed by atoms with van der Waals surface area (Å²) in [6.07, 6.45) is 4.74. The van der Waals surface area contributed by atoms with Gasteiger partial charge in [-0.15, -0.1) is 0 Å². The Morgan fingerprint density at radius 2 is 1.67 bits per heavy atom. The normalized spacial score (nSPS) is 22.3. The van der Waals surface area contributed by atoms with Gasteiger partial charge in [0.25, 0.3) is 0 Å². The molecule has 27 heavy (non-hydrogen) atoms. The molecule has 0 spiro atoms. The molecule has 0 unspecified atom stereocenters. The second-order valence-corrected chi connectivity index (χ2v) is 7.50. The predicted molar refractivity (Wildman–Crippen MR) is 106 cm³/mol. The third kappa shape index (κ3) is 4.89. The van der Waals surface area contributed by atoms with Gasteiger partial charge in [-0.3, -0.25) is 4.79 Å². The number of rotatable bonds is 7. The van der Waals surface area contributed by atoms with E-state index in [2.05, 4.69) is 38.2 Å². The number of benzene rings is 1. The average molecular weight is 376 g/mol. The summed E-state index contributed by atoms with van der Waals surface area (Å²) >= 11 is 0. The minimum absolute atomic E-state index is 0.121. The number of aryl methyl sites for hydroxylation is 3. The number of carbonyl (C=O) groups excluding carboxylic acids is 2. The first kappa shape index (κ1) is 21.4. The van der Waals surface area contributed by atoms with Crippen molar-refractivity contribution in [1.29, 1.82) is 0 Å². The summed E-state index contributed by atoms with van der Waals surface area (Å²) in [5.74, 6) is -0.481. The lowest BCUT2D eigenvalue weighted by Crippen LogP contribution is -2.57. The Morgan fingerprint density at radius 3 is 2.11 bits per heavy atom. The van der Waals surface area contributed by atoms with Crippen molar-refractivity contribution in [3.05, 3.63) is 34.4 Å². The molecule has 1 aliphatic carbocycles. The summed E-state index contributed by atoms with van der Waals surface area (Å²) in [5, 5.41) is 3.02. The molecule has 0 heterocycles. The fourth-order valence-corrected chi connectivity index (χ4v) is 4.20. The largest absolute Gasteiger partial charge is 0.467 e. The molecule has 0 aromatic heterocycles. The molecule has 1 aromatic rings. The highest BCUT2D eigenvalue weighted by atomic mass is 16.5. The van der Waals surface area contributed by atoms with E-state index in [0.29, 0.717) is 19.3 Å². The molecule has 1 saturated carbocycles. The van der Waals surface area contributed by atoms with Crippen molar-refractivity contribution in [2.75, 3.05) is 14.2 Å². The van der Waals surface area contributed by atoms with Crippen molar-refractivity contribution in [2.24, 2.45) is 0 Å². The van der Waals surface area contributed by atoms with Crippen LogP contribution < -0.4 is 5.32 Å². The summed E-state index contributed by atoms with van der Waals surface area (Å²) in [5.41, 5.74) is 3.78. The maximum atomic E-state index is 12.9. The molecule has 5 nitrogen and oxygen atoms in total. The monoisotopic (exact) mass is 375 g/mol. The molecule has 2 rings (SSSR count). The van der Waals surface area contributed by atoms with Gasteiger partial charge in [0, 0.05) is 7.11 Å². The molecule has 0 aliphatic heterocycles. The summed E-state index contributed by atoms with van der Waals surface area (Å²) in [7, 11) is 3.06. The van der Waals surface area contributed by atoms with Crippen molar-refractivity contribution in [1.82, 2.24) is 5.32 Å². The Bertz CT molecular complexity index is 650. The lowest BCUT2D eigenvalue weighted by molar-refractivity contribution is -0.153. The van der Waals surface area contributed by atoms with E-state index in [9.17, 15) is 9.59 Å². The first-order valence-electron chi connectivity index (χ1n) is 9.92. The Balaban J connectivity index is 2.21. The maximum Gasteiger partial charge on any atom is 0.331 e. The quantitative estimate of drug-likeness (QED) is 0.743. The minimum atomic E-state index is -0.940. The lowest BCUT2D eigenvalue weighted by atomic mass is 9.80. The van der Waals surface area contributed by atoms with Crippen LogP contribution in [0, 0.1) is 6.92 Å². The molecule has 150 valence electrons. The third-order valence-corrected chi connectivity index (χ3v) is 5.75. The van der Waals surface area contributed by atoms with Crippen LogP contribution in [0.2, 0.25) is 0 Å². The van der Waals surface area contributed by atoms with Gasteiger partial charge < -0.3 is 14.8 Å². The van der Waals surface area contributed by atoms with Gasteiger partial charge in [0.2, 0.25) is 5.91 Å². The molecule has 1 aromatic carbocycles. The van der Waals surface area contributed by atoms with Crippen molar-refractivity contribution in [3.63, 3.8) is 0 Å². The zero-order valence-corrected chi connectivity index (χ0v) is 17.3. The molecular weight excluding hydrogens is 342 g/mol. The summed E-state index contributed by atoms with van der Waals surface area (Å²) in [4.78, 5) is 25.4. The van der Waals surface area contributed by atoms with E-state index < -0.39 is 5.54 Å². The Labute approximate surface area is 162 Å². The smallest absolute Gasteiger partial charge is 0.331 e. The van der Waals surface area contributed by atoms with Gasteiger partial charge in [-0.2, -0.15) is 0 Å². The molecule has 1 N–H and O–H groups in total. The second kappa shape index (κ2) is 9.36. The van der Waals surface area contributed by atoms with Crippen molar-refractivity contribution < 1.29 is 19.1 Å². The molecule has 0 bridgehead atoms. The summed E-state index contributed by atoms with van der Waals surface area (Å²) in [6.45, 7) is 6.30. The van der Waals surface area contributed by atoms with Crippen LogP contribution in [0.25, 0.3) is 0 Å². The topological polar surface area (TPSA) is 64.6 Å². The number of carbonyl (C=O) groups is 2. The van der Waals surface area contributed by atoms with E-state index in [1.807, 2.05) is 0 Å². The van der Waals surface area contributed by atoms with Crippen LogP contribution in [0.5, 0.6) is 0 Å². The number of ether oxygens (including phenoxy) is 2. The number of hydrogen-bond acceptors (Lipinski definition) is 4. The van der Waals surface area contributed by atoms with Crippen molar-refractivity contribution >= 4 is 11.9 Å². The number of nitrogens with one attached hydrogen (secondary N) is 1. The first-order valence-corrected chi connectivity index (χ1v) is 9.92. The van der Waals surface area contributed by atoms with Crippen LogP contribution in [0.4, 0.5) is 0 Å². The highest BCUT2D eigenvalue weighted by molar-refractivity contribution is 5.89. The van der Waals surface area contributed by atoms with E-state index in [-0.39, 0.29) is 18.0 Å². The van der Waals surface area contributed by atoms with Gasteiger partial charge in [-0.1, -0.05) is 31.5 Å². The number of methoxy groups -OCH3 is 2. The van der Waals surface area contributed by atoms with E-state index in [0.717, 1.165) is 31.2 Å². The van der Waals surface area contributed by atoms with Crippen molar-refractivity contribution in [2.45, 2.75) is 77.4 Å². The van der Waals surface area contributed by atoms with Gasteiger partial charge in [0.05, 0.1) is 19.6 Å². The van der Waals surface area contributed by atoms with E-state index in [1.54, 1.807) is 7.11 Å². The van der Waals surface area contributed by atoms with Crippen LogP contribution in [0.3, 0.4) is 0 Å². The number of esters is 1. The zero-order chi connectivity index (χ0) is 20.0. The number of amides is 1. The van der Waals surface area contributed by atoms with Crippen LogP contribution >= 0.6 is 0 Å². The SMILES string of the molecule is CCc1cc(C)cc(CC)c1CC(=O)NC1(C(=O)OC)CCC(OC)CC1. The molecule has 5 heteroatoms. The highest BCUT2D eigenvalue weighted by Crippen LogP contribution is 2.31. The fraction of sp³-hybridized carbons (Fsp3) is 0.636. The Kier molecular flexibility index (Phi) is 7.42. The maximum absolute atomic E-state index is 12.9. The first-order chi connectivity index (χ1) is 12.9. The minimum Gasteiger partial charge on any atom is -0.467 e. The van der Waals surface area contributed by atoms with Gasteiger partial charge in [0.15, 0.2) is 0 Å². The van der Waals surface area contributed by atoms with E-state index >= 15 is 0 Å². The van der Waals surface area contributed by atoms with Gasteiger partial charge in [-0.05, 0) is 62.1 Å². The summed E-state index contributed by atoms with van der Waals surface area (Å²) in [6, 6.07) is 4.31. The molecule has 1 amide bonds. The molecule has 0 radical (unpaired) electrons. The molecule has 1 aliphatic rings. The second-order valence-electron chi connectivity index (χ2n) is 7.50. The number of hydrogen-bond donors (Lipinski definition) is 1. The average Bonchev–Trinajstić information content (AvgIpc) is 2.68. The predicted octanol–water partition coefficient (Wildman–Crippen LogP) is 3.28. The Hall–Kier alpha value is -1.88. The van der Waals surface area contributed by atoms with E-state index in [4.69, 9.17) is 9.47 Å². The molecule has 0 saturated heterocycles. The summed E-state index contributed by atoms with van der Waals surface area (Å²) < 4.78 is 10.4. The van der Waals surface area contributed by atoms with Gasteiger partial charge in [0.1, 0.15) is 5.54 Å². The molecule has 0 atom stereocenters. The lowest BCUT2D eigenvalue weighted by Gasteiger charge is -2.38. The molecule has 1 fully saturated rings. The van der Waals surface area contributed by atoms with E-state index in [1.165, 1.54) is 23.8 Å². The standard InChI is InChI=1S/C22H33NO4/c1-6-16-12-15(3)13-17(7-2)19(16)14-20(24)23-22(21(25)27-5)10-8-18(26-4)9-11-22/h12-13,18H,6-11,14H2,1-5H3,(H,23,24). The third-order valence-electron chi connectivity index (χ3n) is 5.75. The van der Waals surface area contributed by atoms with Crippen LogP contribution in [-0.2, 0) is 38.3 Å². The van der Waals surface area contributed by atoms with Crippen LogP contribution in [0.15, 0.2) is 12.1 Å².